The molecule has 18 heavy (non-hydrogen) atoms. The Kier molecular flexibility index (Phi) is 6.09. The van der Waals surface area contributed by atoms with Crippen molar-refractivity contribution in [3.63, 3.8) is 0 Å². The van der Waals surface area contributed by atoms with E-state index in [-0.39, 0.29) is 30.5 Å². The van der Waals surface area contributed by atoms with E-state index in [0.717, 1.165) is 0 Å². The zero-order valence-corrected chi connectivity index (χ0v) is 10.9. The minimum absolute atomic E-state index is 0.134. The Morgan fingerprint density at radius 1 is 1.44 bits per heavy atom. The van der Waals surface area contributed by atoms with Crippen LogP contribution in [-0.2, 0) is 9.53 Å². The smallest absolute Gasteiger partial charge is 0.270 e. The van der Waals surface area contributed by atoms with Gasteiger partial charge in [0.05, 0.1) is 6.61 Å². The lowest BCUT2D eigenvalue weighted by Gasteiger charge is -2.05. The van der Waals surface area contributed by atoms with Gasteiger partial charge in [0.15, 0.2) is 5.13 Å². The molecule has 0 saturated carbocycles. The van der Waals surface area contributed by atoms with Crippen molar-refractivity contribution in [3.8, 4) is 0 Å². The van der Waals surface area contributed by atoms with Crippen molar-refractivity contribution in [3.05, 3.63) is 11.1 Å². The van der Waals surface area contributed by atoms with Crippen LogP contribution < -0.4 is 16.4 Å². The maximum atomic E-state index is 11.5. The number of carbonyl (C=O) groups is 2. The zero-order chi connectivity index (χ0) is 13.4. The van der Waals surface area contributed by atoms with E-state index in [1.54, 1.807) is 12.5 Å². The Balaban J connectivity index is 2.17. The quantitative estimate of drug-likeness (QED) is 0.586. The summed E-state index contributed by atoms with van der Waals surface area (Å²) in [7, 11) is 1.56. The van der Waals surface area contributed by atoms with Crippen LogP contribution in [0.4, 0.5) is 5.13 Å². The molecule has 0 aliphatic rings. The first-order valence-electron chi connectivity index (χ1n) is 5.38. The van der Waals surface area contributed by atoms with Crippen molar-refractivity contribution in [1.82, 2.24) is 15.6 Å². The Hall–Kier alpha value is -1.67. The van der Waals surface area contributed by atoms with Crippen LogP contribution in [0.1, 0.15) is 16.9 Å². The fourth-order valence-electron chi connectivity index (χ4n) is 1.15. The third-order valence-corrected chi connectivity index (χ3v) is 2.69. The Morgan fingerprint density at radius 2 is 2.22 bits per heavy atom. The number of hydrogen-bond donors (Lipinski definition) is 3. The molecule has 0 aliphatic carbocycles. The molecule has 2 amide bonds. The van der Waals surface area contributed by atoms with Crippen molar-refractivity contribution < 1.29 is 14.3 Å². The van der Waals surface area contributed by atoms with E-state index in [4.69, 9.17) is 10.5 Å². The van der Waals surface area contributed by atoms with Gasteiger partial charge in [0, 0.05) is 32.0 Å². The van der Waals surface area contributed by atoms with Crippen LogP contribution in [0.2, 0.25) is 0 Å². The minimum Gasteiger partial charge on any atom is -0.383 e. The normalized spacial score (nSPS) is 10.1. The first-order valence-corrected chi connectivity index (χ1v) is 6.26. The maximum Gasteiger partial charge on any atom is 0.270 e. The first kappa shape index (κ1) is 14.4. The number of rotatable bonds is 7. The molecule has 7 nitrogen and oxygen atoms in total. The molecule has 0 spiro atoms. The molecule has 1 aromatic rings. The molecule has 4 N–H and O–H groups in total. The van der Waals surface area contributed by atoms with Crippen LogP contribution in [0.5, 0.6) is 0 Å². The topological polar surface area (TPSA) is 106 Å². The third-order valence-electron chi connectivity index (χ3n) is 2.02. The van der Waals surface area contributed by atoms with Crippen molar-refractivity contribution in [1.29, 1.82) is 0 Å². The van der Waals surface area contributed by atoms with E-state index in [1.165, 1.54) is 11.3 Å². The van der Waals surface area contributed by atoms with E-state index < -0.39 is 0 Å². The monoisotopic (exact) mass is 272 g/mol. The van der Waals surface area contributed by atoms with Crippen LogP contribution in [0.25, 0.3) is 0 Å². The number of ether oxygens (including phenoxy) is 1. The summed E-state index contributed by atoms with van der Waals surface area (Å²) >= 11 is 1.20. The summed E-state index contributed by atoms with van der Waals surface area (Å²) in [6.07, 6.45) is 0.217. The van der Waals surface area contributed by atoms with Crippen LogP contribution in [-0.4, -0.2) is 43.6 Å². The van der Waals surface area contributed by atoms with Gasteiger partial charge in [-0.05, 0) is 0 Å². The highest BCUT2D eigenvalue weighted by Crippen LogP contribution is 2.10. The zero-order valence-electron chi connectivity index (χ0n) is 10.1. The molecule has 0 unspecified atom stereocenters. The number of nitrogens with zero attached hydrogens (tertiary/aromatic N) is 1. The van der Waals surface area contributed by atoms with Crippen molar-refractivity contribution in [2.75, 3.05) is 32.5 Å². The lowest BCUT2D eigenvalue weighted by molar-refractivity contribution is -0.121. The van der Waals surface area contributed by atoms with Gasteiger partial charge in [-0.3, -0.25) is 9.59 Å². The van der Waals surface area contributed by atoms with Gasteiger partial charge in [-0.1, -0.05) is 0 Å². The number of aromatic nitrogens is 1. The molecule has 100 valence electrons. The number of nitrogens with one attached hydrogen (secondary N) is 2. The average molecular weight is 272 g/mol. The number of nitrogen functional groups attached to an aromatic ring is 1. The van der Waals surface area contributed by atoms with Gasteiger partial charge in [-0.25, -0.2) is 4.98 Å². The van der Waals surface area contributed by atoms with Crippen LogP contribution in [0, 0.1) is 0 Å². The second-order valence-electron chi connectivity index (χ2n) is 3.42. The molecule has 0 aliphatic heterocycles. The van der Waals surface area contributed by atoms with Crippen LogP contribution >= 0.6 is 11.3 Å². The van der Waals surface area contributed by atoms with Gasteiger partial charge < -0.3 is 21.1 Å². The summed E-state index contributed by atoms with van der Waals surface area (Å²) in [5.41, 5.74) is 5.69. The summed E-state index contributed by atoms with van der Waals surface area (Å²) in [6, 6.07) is 0. The number of thiazole rings is 1. The highest BCUT2D eigenvalue weighted by atomic mass is 32.1. The number of nitrogens with two attached hydrogens (primary N) is 1. The Bertz CT molecular complexity index is 408. The van der Waals surface area contributed by atoms with Gasteiger partial charge in [-0.2, -0.15) is 0 Å². The summed E-state index contributed by atoms with van der Waals surface area (Å²) in [4.78, 5) is 26.7. The number of hydrogen-bond acceptors (Lipinski definition) is 6. The largest absolute Gasteiger partial charge is 0.383 e. The molecule has 0 bridgehead atoms. The van der Waals surface area contributed by atoms with Gasteiger partial charge in [0.2, 0.25) is 5.91 Å². The molecular formula is C10H16N4O3S. The molecule has 0 atom stereocenters. The maximum absolute atomic E-state index is 11.5. The van der Waals surface area contributed by atoms with Crippen LogP contribution in [0.15, 0.2) is 5.38 Å². The second-order valence-corrected chi connectivity index (χ2v) is 4.31. The summed E-state index contributed by atoms with van der Waals surface area (Å²) in [5, 5.41) is 7.16. The number of carbonyl (C=O) groups excluding carboxylic acids is 2. The predicted molar refractivity (Wildman–Crippen MR) is 68.4 cm³/mol. The van der Waals surface area contributed by atoms with Crippen LogP contribution in [0.3, 0.4) is 0 Å². The minimum atomic E-state index is -0.326. The fraction of sp³-hybridized carbons (Fsp3) is 0.500. The van der Waals surface area contributed by atoms with E-state index in [2.05, 4.69) is 15.6 Å². The van der Waals surface area contributed by atoms with Gasteiger partial charge in [0.25, 0.3) is 5.91 Å². The second kappa shape index (κ2) is 7.62. The van der Waals surface area contributed by atoms with E-state index in [0.29, 0.717) is 18.3 Å². The number of amides is 2. The SMILES string of the molecule is COCCNC(=O)CCNC(=O)c1csc(N)n1. The Morgan fingerprint density at radius 3 is 2.83 bits per heavy atom. The van der Waals surface area contributed by atoms with Gasteiger partial charge in [-0.15, -0.1) is 11.3 Å². The average Bonchev–Trinajstić information content (AvgIpc) is 2.76. The molecule has 8 heteroatoms. The number of anilines is 1. The fourth-order valence-corrected chi connectivity index (χ4v) is 1.70. The van der Waals surface area contributed by atoms with E-state index >= 15 is 0 Å². The van der Waals surface area contributed by atoms with E-state index in [1.807, 2.05) is 0 Å². The molecule has 1 rings (SSSR count). The highest BCUT2D eigenvalue weighted by Gasteiger charge is 2.09. The highest BCUT2D eigenvalue weighted by molar-refractivity contribution is 7.13. The molecule has 0 fully saturated rings. The third kappa shape index (κ3) is 5.11. The molecule has 1 heterocycles. The molecule has 0 aromatic carbocycles. The molecular weight excluding hydrogens is 256 g/mol. The Labute approximate surface area is 109 Å². The summed E-state index contributed by atoms with van der Waals surface area (Å²) in [6.45, 7) is 1.19. The summed E-state index contributed by atoms with van der Waals surface area (Å²) < 4.78 is 4.79. The molecule has 0 radical (unpaired) electrons. The standard InChI is InChI=1S/C10H16N4O3S/c1-17-5-4-12-8(15)2-3-13-9(16)7-6-18-10(11)14-7/h6H,2-5H2,1H3,(H2,11,14)(H,12,15)(H,13,16). The number of methoxy groups -OCH3 is 1. The van der Waals surface area contributed by atoms with Gasteiger partial charge >= 0.3 is 0 Å². The molecule has 0 saturated heterocycles. The lowest BCUT2D eigenvalue weighted by Crippen LogP contribution is -2.32. The van der Waals surface area contributed by atoms with Crippen molar-refractivity contribution >= 4 is 28.3 Å². The lowest BCUT2D eigenvalue weighted by atomic mass is 10.3. The summed E-state index contributed by atoms with van der Waals surface area (Å²) in [5.74, 6) is -0.460. The van der Waals surface area contributed by atoms with Crippen molar-refractivity contribution in [2.45, 2.75) is 6.42 Å². The van der Waals surface area contributed by atoms with Crippen molar-refractivity contribution in [2.24, 2.45) is 0 Å². The first-order chi connectivity index (χ1) is 8.63. The van der Waals surface area contributed by atoms with E-state index in [9.17, 15) is 9.59 Å². The van der Waals surface area contributed by atoms with Gasteiger partial charge in [0.1, 0.15) is 5.69 Å². The predicted octanol–water partition coefficient (Wildman–Crippen LogP) is -0.392. The molecule has 1 aromatic heterocycles.